The number of unbranched alkanes of at least 4 members (excludes halogenated alkanes) is 1. The van der Waals surface area contributed by atoms with Crippen molar-refractivity contribution in [3.63, 3.8) is 0 Å². The van der Waals surface area contributed by atoms with Gasteiger partial charge in [0, 0.05) is 84.2 Å². The van der Waals surface area contributed by atoms with Gasteiger partial charge in [-0.3, -0.25) is 48.4 Å². The van der Waals surface area contributed by atoms with Gasteiger partial charge in [-0.15, -0.1) is 0 Å². The molecule has 0 spiro atoms. The molecule has 1 saturated carbocycles. The second-order valence-electron chi connectivity index (χ2n) is 20.4. The molecular formula is C55H76N8O16. The summed E-state index contributed by atoms with van der Waals surface area (Å²) < 4.78 is 4.96. The highest BCUT2D eigenvalue weighted by atomic mass is 16.6. The van der Waals surface area contributed by atoms with E-state index in [-0.39, 0.29) is 134 Å². The highest BCUT2D eigenvalue weighted by Gasteiger charge is 2.32. The van der Waals surface area contributed by atoms with Crippen LogP contribution in [0.1, 0.15) is 69.8 Å². The molecule has 432 valence electrons. The Morgan fingerprint density at radius 2 is 1.09 bits per heavy atom. The summed E-state index contributed by atoms with van der Waals surface area (Å²) in [5.74, 6) is -7.51. The summed E-state index contributed by atoms with van der Waals surface area (Å²) in [5.41, 5.74) is 0.868. The number of benzene rings is 3. The zero-order valence-corrected chi connectivity index (χ0v) is 44.5. The highest BCUT2D eigenvalue weighted by Crippen LogP contribution is 2.31. The fourth-order valence-corrected chi connectivity index (χ4v) is 10.1. The van der Waals surface area contributed by atoms with Gasteiger partial charge in [0.1, 0.15) is 12.1 Å². The average Bonchev–Trinajstić information content (AvgIpc) is 3.39. The molecule has 1 aliphatic carbocycles. The van der Waals surface area contributed by atoms with E-state index in [9.17, 15) is 73.8 Å². The van der Waals surface area contributed by atoms with Crippen LogP contribution >= 0.6 is 0 Å². The Morgan fingerprint density at radius 1 is 0.582 bits per heavy atom. The number of nitrogens with zero attached hydrogens (tertiary/aromatic N) is 4. The smallest absolute Gasteiger partial charge is 0.408 e. The molecule has 24 heteroatoms. The van der Waals surface area contributed by atoms with Gasteiger partial charge in [-0.05, 0) is 96.9 Å². The molecule has 10 N–H and O–H groups in total. The van der Waals surface area contributed by atoms with Crippen molar-refractivity contribution in [2.75, 3.05) is 91.6 Å². The molecule has 0 radical (unpaired) electrons. The molecule has 4 amide bonds. The van der Waals surface area contributed by atoms with E-state index in [1.54, 1.807) is 14.7 Å². The van der Waals surface area contributed by atoms with Gasteiger partial charge in [-0.1, -0.05) is 55.1 Å². The molecule has 0 aromatic heterocycles. The lowest BCUT2D eigenvalue weighted by Crippen LogP contribution is -2.50. The molecule has 1 saturated heterocycles. The van der Waals surface area contributed by atoms with E-state index in [1.807, 2.05) is 53.4 Å². The number of aliphatic hydroxyl groups excluding tert-OH is 1. The zero-order valence-electron chi connectivity index (χ0n) is 44.5. The molecule has 24 nitrogen and oxygen atoms in total. The maximum Gasteiger partial charge on any atom is 0.408 e. The van der Waals surface area contributed by atoms with Gasteiger partial charge in [0.05, 0.1) is 31.9 Å². The van der Waals surface area contributed by atoms with Crippen LogP contribution in [0.25, 0.3) is 21.5 Å². The Bertz CT molecular complexity index is 2520. The van der Waals surface area contributed by atoms with E-state index in [1.165, 1.54) is 0 Å². The van der Waals surface area contributed by atoms with Crippen molar-refractivity contribution >= 4 is 75.2 Å². The van der Waals surface area contributed by atoms with Crippen LogP contribution in [0.15, 0.2) is 66.9 Å². The van der Waals surface area contributed by atoms with Crippen molar-refractivity contribution in [2.45, 2.75) is 88.8 Å². The topological polar surface area (TPSA) is 345 Å². The van der Waals surface area contributed by atoms with Crippen molar-refractivity contribution in [3.8, 4) is 0 Å². The van der Waals surface area contributed by atoms with Crippen LogP contribution in [0.2, 0.25) is 0 Å². The number of aliphatic hydroxyl groups is 1. The third kappa shape index (κ3) is 21.7. The average molecular weight is 1110 g/mol. The van der Waals surface area contributed by atoms with E-state index < -0.39 is 66.0 Å². The Kier molecular flexibility index (Phi) is 25.2. The number of fused-ring (bicyclic) bond motifs is 2. The normalized spacial score (nSPS) is 18.4. The SMILES string of the molecule is C=C(O)CCC[C@H](OC(=O)N[C@@H](CCCCNC(=O)[C@H](Cc1c2ccccc2cc2ccccc12)NC(=O)[C@H]1CC[C@H](CNC(=O)CN2CCN(CC(=O)O)CCN(CC(=O)O)CCN(CC(=O)O)CC2)CC1)C(=O)O)C(=O)O. The molecule has 0 unspecified atom stereocenters. The maximum atomic E-state index is 14.2. The number of carboxylic acid groups (broad SMARTS) is 5. The molecule has 3 aromatic carbocycles. The maximum absolute atomic E-state index is 14.2. The third-order valence-electron chi connectivity index (χ3n) is 14.4. The van der Waals surface area contributed by atoms with Crippen molar-refractivity contribution in [1.29, 1.82) is 0 Å². The monoisotopic (exact) mass is 1100 g/mol. The fraction of sp³-hybridized carbons (Fsp3) is 0.545. The van der Waals surface area contributed by atoms with E-state index >= 15 is 0 Å². The summed E-state index contributed by atoms with van der Waals surface area (Å²) in [7, 11) is 0. The predicted octanol–water partition coefficient (Wildman–Crippen LogP) is 2.58. The molecule has 2 fully saturated rings. The summed E-state index contributed by atoms with van der Waals surface area (Å²) in [4.78, 5) is 120. The van der Waals surface area contributed by atoms with Crippen LogP contribution in [-0.4, -0.2) is 214 Å². The quantitative estimate of drug-likeness (QED) is 0.0284. The lowest BCUT2D eigenvalue weighted by molar-refractivity contribution is -0.147. The van der Waals surface area contributed by atoms with Crippen molar-refractivity contribution in [3.05, 3.63) is 72.5 Å². The predicted molar refractivity (Wildman–Crippen MR) is 289 cm³/mol. The lowest BCUT2D eigenvalue weighted by Gasteiger charge is -2.33. The Hall–Kier alpha value is -7.41. The van der Waals surface area contributed by atoms with E-state index in [2.05, 4.69) is 33.9 Å². The number of amides is 4. The largest absolute Gasteiger partial charge is 0.513 e. The second kappa shape index (κ2) is 31.9. The molecule has 79 heavy (non-hydrogen) atoms. The Balaban J connectivity index is 1.17. The number of hydrogen-bond donors (Lipinski definition) is 10. The molecule has 5 rings (SSSR count). The first-order valence-corrected chi connectivity index (χ1v) is 26.8. The number of allylic oxidation sites excluding steroid dienone is 1. The van der Waals surface area contributed by atoms with Gasteiger partial charge in [-0.2, -0.15) is 0 Å². The minimum atomic E-state index is -1.57. The first-order chi connectivity index (χ1) is 37.7. The summed E-state index contributed by atoms with van der Waals surface area (Å²) in [5, 5.41) is 72.1. The Labute approximate surface area is 458 Å². The van der Waals surface area contributed by atoms with Gasteiger partial charge in [0.2, 0.25) is 23.8 Å². The number of carbonyl (C=O) groups excluding carboxylic acids is 4. The van der Waals surface area contributed by atoms with Crippen LogP contribution in [0, 0.1) is 11.8 Å². The summed E-state index contributed by atoms with van der Waals surface area (Å²) in [6.45, 7) is 5.06. The van der Waals surface area contributed by atoms with Crippen LogP contribution in [0.4, 0.5) is 4.79 Å². The molecule has 2 aliphatic rings. The van der Waals surface area contributed by atoms with Gasteiger partial charge in [0.15, 0.2) is 0 Å². The molecule has 3 atom stereocenters. The number of hydrogen-bond acceptors (Lipinski definition) is 15. The Morgan fingerprint density at radius 3 is 1.57 bits per heavy atom. The van der Waals surface area contributed by atoms with Crippen LogP contribution in [0.5, 0.6) is 0 Å². The van der Waals surface area contributed by atoms with Crippen LogP contribution < -0.4 is 21.3 Å². The van der Waals surface area contributed by atoms with Gasteiger partial charge < -0.3 is 56.6 Å². The number of nitrogens with one attached hydrogen (secondary N) is 4. The number of rotatable bonds is 28. The van der Waals surface area contributed by atoms with E-state index in [0.29, 0.717) is 51.7 Å². The number of alkyl carbamates (subject to hydrolysis) is 1. The standard InChI is InChI=1S/C55H76N8O16/c1-36(64)9-8-15-46(54(76)77)79-55(78)59-44(53(74)75)14-6-7-20-56-52(73)45(30-43-41-12-4-2-10-39(41)29-40-11-3-5-13-42(40)43)58-51(72)38-18-16-37(17-19-38)31-57-47(65)32-60-21-23-61(33-48(66)67)25-27-63(35-50(70)71)28-26-62(24-22-60)34-49(68)69/h2-5,10-13,29,37-38,44-46,64H,1,6-9,14-28,30-35H2,(H,56,73)(H,57,65)(H,58,72)(H,59,78)(H,66,67)(H,68,69)(H,70,71)(H,74,75)(H,76,77)/t37-,38-,44-,45-,46-/m0/s1. The minimum absolute atomic E-state index is 0.0291. The molecule has 1 aliphatic heterocycles. The third-order valence-corrected chi connectivity index (χ3v) is 14.4. The summed E-state index contributed by atoms with van der Waals surface area (Å²) >= 11 is 0. The molecule has 0 bridgehead atoms. The molecule has 3 aromatic rings. The van der Waals surface area contributed by atoms with Crippen molar-refractivity contribution < 1.29 is 78.5 Å². The number of ether oxygens (including phenoxy) is 1. The number of carboxylic acids is 5. The second-order valence-corrected chi connectivity index (χ2v) is 20.4. The zero-order chi connectivity index (χ0) is 57.4. The summed E-state index contributed by atoms with van der Waals surface area (Å²) in [6.07, 6.45) is 0.137. The van der Waals surface area contributed by atoms with Crippen molar-refractivity contribution in [2.24, 2.45) is 11.8 Å². The first-order valence-electron chi connectivity index (χ1n) is 26.8. The van der Waals surface area contributed by atoms with E-state index in [4.69, 9.17) is 4.74 Å². The van der Waals surface area contributed by atoms with E-state index in [0.717, 1.165) is 27.1 Å². The van der Waals surface area contributed by atoms with Crippen molar-refractivity contribution in [1.82, 2.24) is 40.9 Å². The molecular weight excluding hydrogens is 1030 g/mol. The first kappa shape index (κ1) is 62.4. The fourth-order valence-electron chi connectivity index (χ4n) is 10.1. The van der Waals surface area contributed by atoms with Crippen LogP contribution in [-0.2, 0) is 49.5 Å². The van der Waals surface area contributed by atoms with Gasteiger partial charge >= 0.3 is 35.9 Å². The highest BCUT2D eigenvalue weighted by molar-refractivity contribution is 6.03. The minimum Gasteiger partial charge on any atom is -0.513 e. The number of aliphatic carboxylic acids is 5. The van der Waals surface area contributed by atoms with Gasteiger partial charge in [-0.25, -0.2) is 14.4 Å². The molecule has 1 heterocycles. The number of carbonyl (C=O) groups is 9. The lowest BCUT2D eigenvalue weighted by atomic mass is 9.81. The summed E-state index contributed by atoms with van der Waals surface area (Å²) in [6, 6.07) is 15.2. The van der Waals surface area contributed by atoms with Crippen LogP contribution in [0.3, 0.4) is 0 Å². The van der Waals surface area contributed by atoms with Gasteiger partial charge in [0.25, 0.3) is 0 Å².